The summed E-state index contributed by atoms with van der Waals surface area (Å²) in [5.41, 5.74) is 0.335. The lowest BCUT2D eigenvalue weighted by atomic mass is 10.1. The van der Waals surface area contributed by atoms with Gasteiger partial charge >= 0.3 is 5.97 Å². The molecule has 24 heavy (non-hydrogen) atoms. The topological polar surface area (TPSA) is 78.7 Å². The number of carbonyl (C=O) groups is 1. The zero-order chi connectivity index (χ0) is 17.4. The normalized spacial score (nSPS) is 11.5. The highest BCUT2D eigenvalue weighted by Gasteiger charge is 2.20. The van der Waals surface area contributed by atoms with Crippen LogP contribution in [-0.4, -0.2) is 17.5 Å². The molecule has 6 nitrogen and oxygen atoms in total. The molecule has 0 aliphatic heterocycles. The molecule has 0 bridgehead atoms. The molecule has 2 rings (SSSR count). The molecule has 2 aromatic rings. The van der Waals surface area contributed by atoms with E-state index in [0.717, 1.165) is 5.75 Å². The average Bonchev–Trinajstić information content (AvgIpc) is 2.59. The van der Waals surface area contributed by atoms with Crippen molar-refractivity contribution in [2.24, 2.45) is 0 Å². The Morgan fingerprint density at radius 3 is 2.50 bits per heavy atom. The summed E-state index contributed by atoms with van der Waals surface area (Å²) in [4.78, 5) is 22.4. The fraction of sp³-hybridized carbons (Fsp3) is 0.278. The van der Waals surface area contributed by atoms with E-state index in [1.54, 1.807) is 25.1 Å². The van der Waals surface area contributed by atoms with E-state index in [4.69, 9.17) is 9.47 Å². The Hall–Kier alpha value is -2.89. The molecular weight excluding hydrogens is 310 g/mol. The van der Waals surface area contributed by atoms with E-state index in [1.807, 2.05) is 30.3 Å². The standard InChI is InChI=1S/C18H19NO5/c1-14(16-10-5-6-11-17(16)19(21)22)24-18(20)12-7-13-23-15-8-3-2-4-9-15/h2-6,8-11,14H,7,12-13H2,1H3. The van der Waals surface area contributed by atoms with Crippen LogP contribution in [0, 0.1) is 10.1 Å². The van der Waals surface area contributed by atoms with E-state index >= 15 is 0 Å². The Labute approximate surface area is 140 Å². The molecule has 0 aliphatic carbocycles. The van der Waals surface area contributed by atoms with E-state index in [0.29, 0.717) is 18.6 Å². The van der Waals surface area contributed by atoms with Crippen molar-refractivity contribution < 1.29 is 19.2 Å². The zero-order valence-electron chi connectivity index (χ0n) is 13.4. The number of benzene rings is 2. The third-order valence-electron chi connectivity index (χ3n) is 3.42. The molecular formula is C18H19NO5. The summed E-state index contributed by atoms with van der Waals surface area (Å²) in [6.07, 6.45) is 0.0314. The number of ether oxygens (including phenoxy) is 2. The van der Waals surface area contributed by atoms with Crippen molar-refractivity contribution >= 4 is 11.7 Å². The van der Waals surface area contributed by atoms with Gasteiger partial charge in [-0.15, -0.1) is 0 Å². The highest BCUT2D eigenvalue weighted by molar-refractivity contribution is 5.69. The van der Waals surface area contributed by atoms with Gasteiger partial charge in [0.05, 0.1) is 17.1 Å². The van der Waals surface area contributed by atoms with E-state index in [9.17, 15) is 14.9 Å². The second kappa shape index (κ2) is 8.67. The van der Waals surface area contributed by atoms with Crippen molar-refractivity contribution in [3.63, 3.8) is 0 Å². The highest BCUT2D eigenvalue weighted by atomic mass is 16.6. The van der Waals surface area contributed by atoms with Crippen molar-refractivity contribution in [2.45, 2.75) is 25.9 Å². The molecule has 1 atom stereocenters. The summed E-state index contributed by atoms with van der Waals surface area (Å²) in [5, 5.41) is 11.0. The lowest BCUT2D eigenvalue weighted by Gasteiger charge is -2.14. The molecule has 0 spiro atoms. The third-order valence-corrected chi connectivity index (χ3v) is 3.42. The molecule has 0 saturated heterocycles. The Morgan fingerprint density at radius 2 is 1.79 bits per heavy atom. The van der Waals surface area contributed by atoms with Crippen molar-refractivity contribution in [3.05, 3.63) is 70.3 Å². The number of hydrogen-bond acceptors (Lipinski definition) is 5. The minimum atomic E-state index is -0.672. The number of rotatable bonds is 8. The molecule has 0 heterocycles. The average molecular weight is 329 g/mol. The van der Waals surface area contributed by atoms with E-state index in [1.165, 1.54) is 6.07 Å². The Balaban J connectivity index is 1.79. The molecule has 0 N–H and O–H groups in total. The molecule has 0 radical (unpaired) electrons. The first-order valence-corrected chi connectivity index (χ1v) is 7.68. The molecule has 6 heteroatoms. The summed E-state index contributed by atoms with van der Waals surface area (Å²) >= 11 is 0. The molecule has 2 aromatic carbocycles. The van der Waals surface area contributed by atoms with Gasteiger partial charge in [-0.3, -0.25) is 14.9 Å². The van der Waals surface area contributed by atoms with Gasteiger partial charge in [0.2, 0.25) is 0 Å². The predicted molar refractivity (Wildman–Crippen MR) is 88.8 cm³/mol. The Bertz CT molecular complexity index is 687. The summed E-state index contributed by atoms with van der Waals surface area (Å²) in [6.45, 7) is 2.03. The predicted octanol–water partition coefficient (Wildman–Crippen LogP) is 4.06. The van der Waals surface area contributed by atoms with Crippen LogP contribution >= 0.6 is 0 Å². The molecule has 1 unspecified atom stereocenters. The van der Waals surface area contributed by atoms with Gasteiger partial charge in [0, 0.05) is 12.5 Å². The van der Waals surface area contributed by atoms with Gasteiger partial charge < -0.3 is 9.47 Å². The van der Waals surface area contributed by atoms with Crippen LogP contribution in [0.5, 0.6) is 5.75 Å². The quantitative estimate of drug-likeness (QED) is 0.316. The van der Waals surface area contributed by atoms with Gasteiger partial charge in [-0.25, -0.2) is 0 Å². The van der Waals surface area contributed by atoms with Gasteiger partial charge in [-0.1, -0.05) is 30.3 Å². The number of nitro benzene ring substituents is 1. The van der Waals surface area contributed by atoms with E-state index in [-0.39, 0.29) is 12.1 Å². The van der Waals surface area contributed by atoms with E-state index in [2.05, 4.69) is 0 Å². The number of hydrogen-bond donors (Lipinski definition) is 0. The molecule has 126 valence electrons. The number of para-hydroxylation sites is 2. The minimum Gasteiger partial charge on any atom is -0.494 e. The second-order valence-corrected chi connectivity index (χ2v) is 5.21. The maximum absolute atomic E-state index is 11.9. The summed E-state index contributed by atoms with van der Waals surface area (Å²) in [5.74, 6) is 0.344. The molecule has 0 amide bonds. The Morgan fingerprint density at radius 1 is 1.12 bits per heavy atom. The first-order valence-electron chi connectivity index (χ1n) is 7.68. The fourth-order valence-electron chi connectivity index (χ4n) is 2.24. The smallest absolute Gasteiger partial charge is 0.306 e. The first kappa shape index (κ1) is 17.5. The molecule has 0 fully saturated rings. The number of nitro groups is 1. The van der Waals surface area contributed by atoms with Crippen molar-refractivity contribution in [1.29, 1.82) is 0 Å². The lowest BCUT2D eigenvalue weighted by molar-refractivity contribution is -0.386. The second-order valence-electron chi connectivity index (χ2n) is 5.21. The van der Waals surface area contributed by atoms with Gasteiger partial charge in [-0.05, 0) is 31.5 Å². The SMILES string of the molecule is CC(OC(=O)CCCOc1ccccc1)c1ccccc1[N+](=O)[O-]. The Kier molecular flexibility index (Phi) is 6.31. The maximum atomic E-state index is 11.9. The highest BCUT2D eigenvalue weighted by Crippen LogP contribution is 2.27. The van der Waals surface area contributed by atoms with Crippen molar-refractivity contribution in [3.8, 4) is 5.75 Å². The van der Waals surface area contributed by atoms with Crippen LogP contribution < -0.4 is 4.74 Å². The van der Waals surface area contributed by atoms with Crippen LogP contribution in [-0.2, 0) is 9.53 Å². The third kappa shape index (κ3) is 5.08. The van der Waals surface area contributed by atoms with Gasteiger partial charge in [0.15, 0.2) is 0 Å². The van der Waals surface area contributed by atoms with Crippen molar-refractivity contribution in [2.75, 3.05) is 6.61 Å². The largest absolute Gasteiger partial charge is 0.494 e. The van der Waals surface area contributed by atoms with Crippen LogP contribution in [0.3, 0.4) is 0 Å². The van der Waals surface area contributed by atoms with Crippen LogP contribution in [0.25, 0.3) is 0 Å². The van der Waals surface area contributed by atoms with Gasteiger partial charge in [0.25, 0.3) is 5.69 Å². The van der Waals surface area contributed by atoms with Crippen LogP contribution in [0.2, 0.25) is 0 Å². The summed E-state index contributed by atoms with van der Waals surface area (Å²) < 4.78 is 10.8. The van der Waals surface area contributed by atoms with Gasteiger partial charge in [-0.2, -0.15) is 0 Å². The maximum Gasteiger partial charge on any atom is 0.306 e. The lowest BCUT2D eigenvalue weighted by Crippen LogP contribution is -2.11. The van der Waals surface area contributed by atoms with Crippen LogP contribution in [0.1, 0.15) is 31.4 Å². The monoisotopic (exact) mass is 329 g/mol. The van der Waals surface area contributed by atoms with E-state index < -0.39 is 17.0 Å². The number of esters is 1. The number of nitrogens with zero attached hydrogens (tertiary/aromatic N) is 1. The van der Waals surface area contributed by atoms with Crippen LogP contribution in [0.4, 0.5) is 5.69 Å². The number of carbonyl (C=O) groups excluding carboxylic acids is 1. The summed E-state index contributed by atoms with van der Waals surface area (Å²) in [7, 11) is 0. The molecule has 0 aliphatic rings. The zero-order valence-corrected chi connectivity index (χ0v) is 13.4. The first-order chi connectivity index (χ1) is 11.6. The van der Waals surface area contributed by atoms with Crippen LogP contribution in [0.15, 0.2) is 54.6 Å². The summed E-state index contributed by atoms with van der Waals surface area (Å²) in [6, 6.07) is 15.6. The fourth-order valence-corrected chi connectivity index (χ4v) is 2.24. The molecule has 0 aromatic heterocycles. The minimum absolute atomic E-state index is 0.0507. The van der Waals surface area contributed by atoms with Gasteiger partial charge in [0.1, 0.15) is 11.9 Å². The molecule has 0 saturated carbocycles. The van der Waals surface area contributed by atoms with Crippen molar-refractivity contribution in [1.82, 2.24) is 0 Å².